The largest absolute Gasteiger partial charge is 0.369 e. The van der Waals surface area contributed by atoms with Gasteiger partial charge in [0.15, 0.2) is 5.65 Å². The van der Waals surface area contributed by atoms with Crippen LogP contribution in [-0.4, -0.2) is 38.7 Å². The van der Waals surface area contributed by atoms with Gasteiger partial charge in [0.05, 0.1) is 11.6 Å². The van der Waals surface area contributed by atoms with Crippen LogP contribution < -0.4 is 16.4 Å². The normalized spacial score (nSPS) is 12.3. The van der Waals surface area contributed by atoms with E-state index in [2.05, 4.69) is 30.8 Å². The van der Waals surface area contributed by atoms with Crippen molar-refractivity contribution in [1.29, 1.82) is 0 Å². The van der Waals surface area contributed by atoms with Crippen molar-refractivity contribution in [3.63, 3.8) is 0 Å². The van der Waals surface area contributed by atoms with Gasteiger partial charge in [-0.2, -0.15) is 15.1 Å². The molecule has 2 heterocycles. The Morgan fingerprint density at radius 2 is 2.30 bits per heavy atom. The summed E-state index contributed by atoms with van der Waals surface area (Å²) < 4.78 is 0. The summed E-state index contributed by atoms with van der Waals surface area (Å²) in [5.74, 6) is 0.753. The summed E-state index contributed by atoms with van der Waals surface area (Å²) in [4.78, 5) is 19.8. The molecular weight excluding hydrogens is 258 g/mol. The Labute approximate surface area is 116 Å². The van der Waals surface area contributed by atoms with Crippen LogP contribution in [0.4, 0.5) is 11.8 Å². The molecule has 0 bridgehead atoms. The van der Waals surface area contributed by atoms with Crippen LogP contribution in [0.15, 0.2) is 6.20 Å². The molecule has 8 heteroatoms. The average Bonchev–Trinajstić information content (AvgIpc) is 2.86. The predicted molar refractivity (Wildman–Crippen MR) is 77.1 cm³/mol. The highest BCUT2D eigenvalue weighted by Gasteiger charge is 2.09. The Balaban J connectivity index is 1.93. The zero-order chi connectivity index (χ0) is 14.5. The van der Waals surface area contributed by atoms with E-state index in [1.54, 1.807) is 6.20 Å². The number of hydrogen-bond acceptors (Lipinski definition) is 6. The number of fused-ring (bicyclic) bond motifs is 1. The summed E-state index contributed by atoms with van der Waals surface area (Å²) in [5, 5.41) is 13.4. The Morgan fingerprint density at radius 3 is 3.05 bits per heavy atom. The summed E-state index contributed by atoms with van der Waals surface area (Å²) in [5.41, 5.74) is 6.18. The molecule has 0 radical (unpaired) electrons. The second-order valence-electron chi connectivity index (χ2n) is 4.62. The van der Waals surface area contributed by atoms with Crippen molar-refractivity contribution in [3.8, 4) is 0 Å². The topological polar surface area (TPSA) is 122 Å². The van der Waals surface area contributed by atoms with Crippen molar-refractivity contribution in [1.82, 2.24) is 25.5 Å². The van der Waals surface area contributed by atoms with Gasteiger partial charge in [-0.3, -0.25) is 9.89 Å². The molecule has 8 nitrogen and oxygen atoms in total. The van der Waals surface area contributed by atoms with E-state index in [1.165, 1.54) is 0 Å². The van der Waals surface area contributed by atoms with E-state index in [0.717, 1.165) is 11.8 Å². The lowest BCUT2D eigenvalue weighted by molar-refractivity contribution is -0.121. The molecule has 1 atom stereocenters. The van der Waals surface area contributed by atoms with E-state index in [4.69, 9.17) is 5.73 Å². The maximum atomic E-state index is 11.7. The number of nitrogen functional groups attached to an aromatic ring is 1. The number of carbonyl (C=O) groups is 1. The number of nitrogens with zero attached hydrogens (tertiary/aromatic N) is 3. The van der Waals surface area contributed by atoms with Gasteiger partial charge in [-0.1, -0.05) is 6.92 Å². The maximum absolute atomic E-state index is 11.7. The molecule has 5 N–H and O–H groups in total. The van der Waals surface area contributed by atoms with Crippen LogP contribution in [0.3, 0.4) is 0 Å². The number of anilines is 2. The highest BCUT2D eigenvalue weighted by molar-refractivity contribution is 5.87. The number of rotatable bonds is 6. The molecule has 0 aliphatic heterocycles. The first-order valence-electron chi connectivity index (χ1n) is 6.60. The first-order chi connectivity index (χ1) is 9.60. The third kappa shape index (κ3) is 3.34. The molecule has 20 heavy (non-hydrogen) atoms. The maximum Gasteiger partial charge on any atom is 0.224 e. The van der Waals surface area contributed by atoms with E-state index in [0.29, 0.717) is 24.4 Å². The Hall–Kier alpha value is -2.38. The van der Waals surface area contributed by atoms with Crippen molar-refractivity contribution in [3.05, 3.63) is 6.20 Å². The summed E-state index contributed by atoms with van der Waals surface area (Å²) >= 11 is 0. The van der Waals surface area contributed by atoms with Crippen molar-refractivity contribution in [2.75, 3.05) is 17.6 Å². The van der Waals surface area contributed by atoms with E-state index < -0.39 is 0 Å². The van der Waals surface area contributed by atoms with Crippen molar-refractivity contribution in [2.24, 2.45) is 0 Å². The van der Waals surface area contributed by atoms with Crippen LogP contribution in [0, 0.1) is 0 Å². The van der Waals surface area contributed by atoms with Gasteiger partial charge < -0.3 is 16.4 Å². The SMILES string of the molecule is CCC(C)NC(=O)CCNc1nc(N)nc2[nH]ncc12. The van der Waals surface area contributed by atoms with Crippen LogP contribution in [0.5, 0.6) is 0 Å². The number of hydrogen-bond donors (Lipinski definition) is 4. The van der Waals surface area contributed by atoms with Gasteiger partial charge >= 0.3 is 0 Å². The molecule has 0 aliphatic carbocycles. The van der Waals surface area contributed by atoms with Gasteiger partial charge in [-0.15, -0.1) is 0 Å². The number of amides is 1. The van der Waals surface area contributed by atoms with Gasteiger partial charge in [0.1, 0.15) is 5.82 Å². The van der Waals surface area contributed by atoms with Crippen molar-refractivity contribution >= 4 is 28.7 Å². The molecule has 1 amide bonds. The molecular formula is C12H19N7O. The number of aromatic amines is 1. The summed E-state index contributed by atoms with van der Waals surface area (Å²) in [6.07, 6.45) is 2.90. The van der Waals surface area contributed by atoms with E-state index >= 15 is 0 Å². The molecule has 0 spiro atoms. The highest BCUT2D eigenvalue weighted by atomic mass is 16.1. The molecule has 0 fully saturated rings. The quantitative estimate of drug-likeness (QED) is 0.615. The second kappa shape index (κ2) is 6.18. The molecule has 2 aromatic heterocycles. The molecule has 0 aromatic carbocycles. The van der Waals surface area contributed by atoms with Gasteiger partial charge in [0, 0.05) is 19.0 Å². The molecule has 1 unspecified atom stereocenters. The number of nitrogens with two attached hydrogens (primary N) is 1. The lowest BCUT2D eigenvalue weighted by Gasteiger charge is -2.12. The lowest BCUT2D eigenvalue weighted by atomic mass is 10.2. The molecule has 2 rings (SSSR count). The van der Waals surface area contributed by atoms with Crippen LogP contribution in [0.1, 0.15) is 26.7 Å². The molecule has 0 aliphatic rings. The summed E-state index contributed by atoms with van der Waals surface area (Å²) in [7, 11) is 0. The van der Waals surface area contributed by atoms with Crippen molar-refractivity contribution in [2.45, 2.75) is 32.7 Å². The molecule has 108 valence electrons. The van der Waals surface area contributed by atoms with Crippen molar-refractivity contribution < 1.29 is 4.79 Å². The van der Waals surface area contributed by atoms with E-state index in [9.17, 15) is 4.79 Å². The predicted octanol–water partition coefficient (Wildman–Crippen LogP) is 0.652. The third-order valence-corrected chi connectivity index (χ3v) is 2.99. The van der Waals surface area contributed by atoms with Crippen LogP contribution >= 0.6 is 0 Å². The van der Waals surface area contributed by atoms with E-state index in [1.807, 2.05) is 13.8 Å². The molecule has 2 aromatic rings. The van der Waals surface area contributed by atoms with Crippen LogP contribution in [0.25, 0.3) is 11.0 Å². The monoisotopic (exact) mass is 277 g/mol. The standard InChI is InChI=1S/C12H19N7O/c1-3-7(2)16-9(20)4-5-14-10-8-6-15-19-11(8)18-12(13)17-10/h6-7H,3-5H2,1-2H3,(H,16,20)(H4,13,14,15,17,18,19). The number of carbonyl (C=O) groups excluding carboxylic acids is 1. The van der Waals surface area contributed by atoms with Gasteiger partial charge in [-0.25, -0.2) is 0 Å². The molecule has 0 saturated carbocycles. The Bertz CT molecular complexity index is 595. The summed E-state index contributed by atoms with van der Waals surface area (Å²) in [6.45, 7) is 4.48. The average molecular weight is 277 g/mol. The zero-order valence-electron chi connectivity index (χ0n) is 11.6. The fraction of sp³-hybridized carbons (Fsp3) is 0.500. The van der Waals surface area contributed by atoms with Crippen LogP contribution in [0.2, 0.25) is 0 Å². The van der Waals surface area contributed by atoms with Gasteiger partial charge in [0.25, 0.3) is 0 Å². The molecule has 0 saturated heterocycles. The first kappa shape index (κ1) is 14.0. The smallest absolute Gasteiger partial charge is 0.224 e. The minimum atomic E-state index is 0.0114. The Kier molecular flexibility index (Phi) is 4.34. The fourth-order valence-corrected chi connectivity index (χ4v) is 1.73. The minimum absolute atomic E-state index is 0.0114. The minimum Gasteiger partial charge on any atom is -0.369 e. The number of nitrogens with one attached hydrogen (secondary N) is 3. The number of H-pyrrole nitrogens is 1. The lowest BCUT2D eigenvalue weighted by Crippen LogP contribution is -2.33. The third-order valence-electron chi connectivity index (χ3n) is 2.99. The Morgan fingerprint density at radius 1 is 1.50 bits per heavy atom. The van der Waals surface area contributed by atoms with Gasteiger partial charge in [-0.05, 0) is 13.3 Å². The first-order valence-corrected chi connectivity index (χ1v) is 6.60. The van der Waals surface area contributed by atoms with Gasteiger partial charge in [0.2, 0.25) is 11.9 Å². The van der Waals surface area contributed by atoms with E-state index in [-0.39, 0.29) is 17.9 Å². The number of aromatic nitrogens is 4. The highest BCUT2D eigenvalue weighted by Crippen LogP contribution is 2.18. The fourth-order valence-electron chi connectivity index (χ4n) is 1.73. The second-order valence-corrected chi connectivity index (χ2v) is 4.62. The summed E-state index contributed by atoms with van der Waals surface area (Å²) in [6, 6.07) is 0.192. The zero-order valence-corrected chi connectivity index (χ0v) is 11.6. The van der Waals surface area contributed by atoms with Crippen LogP contribution in [-0.2, 0) is 4.79 Å².